The lowest BCUT2D eigenvalue weighted by molar-refractivity contribution is 0.0669. The van der Waals surface area contributed by atoms with Crippen LogP contribution in [0.5, 0.6) is 0 Å². The summed E-state index contributed by atoms with van der Waals surface area (Å²) in [6.45, 7) is 7.68. The molecule has 2 rings (SSSR count). The first-order valence-corrected chi connectivity index (χ1v) is 8.35. The number of nitrogens with zero attached hydrogens (tertiary/aromatic N) is 1. The van der Waals surface area contributed by atoms with Crippen LogP contribution in [0.4, 0.5) is 5.69 Å². The number of ether oxygens (including phenoxy) is 1. The Labute approximate surface area is 129 Å². The van der Waals surface area contributed by atoms with Gasteiger partial charge in [-0.1, -0.05) is 26.0 Å². The number of anilines is 1. The van der Waals surface area contributed by atoms with Gasteiger partial charge in [0.25, 0.3) is 0 Å². The standard InChI is InChI=1S/C18H30N2O/c1-4-20(5-2)14-15-8-6-9-16(12-15)19-17-10-7-11-18(13-17)21-3/h6,8-9,12,17-19H,4-5,7,10-11,13-14H2,1-3H3. The second kappa shape index (κ2) is 8.40. The lowest BCUT2D eigenvalue weighted by Gasteiger charge is -2.29. The van der Waals surface area contributed by atoms with Crippen LogP contribution in [0.15, 0.2) is 24.3 Å². The number of nitrogens with one attached hydrogen (secondary N) is 1. The van der Waals surface area contributed by atoms with E-state index in [1.54, 1.807) is 0 Å². The summed E-state index contributed by atoms with van der Waals surface area (Å²) >= 11 is 0. The summed E-state index contributed by atoms with van der Waals surface area (Å²) in [5.74, 6) is 0. The van der Waals surface area contributed by atoms with Gasteiger partial charge in [0.15, 0.2) is 0 Å². The normalized spacial score (nSPS) is 22.5. The third-order valence-corrected chi connectivity index (χ3v) is 4.56. The highest BCUT2D eigenvalue weighted by Crippen LogP contribution is 2.24. The third kappa shape index (κ3) is 5.01. The molecule has 3 nitrogen and oxygen atoms in total. The Morgan fingerprint density at radius 2 is 2.05 bits per heavy atom. The molecular formula is C18H30N2O. The van der Waals surface area contributed by atoms with Crippen LogP contribution in [0, 0.1) is 0 Å². The van der Waals surface area contributed by atoms with Crippen LogP contribution >= 0.6 is 0 Å². The summed E-state index contributed by atoms with van der Waals surface area (Å²) in [5.41, 5.74) is 2.64. The maximum atomic E-state index is 5.52. The number of benzene rings is 1. The Morgan fingerprint density at radius 1 is 1.24 bits per heavy atom. The molecule has 0 aliphatic heterocycles. The molecule has 2 unspecified atom stereocenters. The summed E-state index contributed by atoms with van der Waals surface area (Å²) in [6.07, 6.45) is 5.26. The van der Waals surface area contributed by atoms with E-state index in [-0.39, 0.29) is 0 Å². The molecule has 0 amide bonds. The minimum atomic E-state index is 0.426. The molecule has 3 heteroatoms. The lowest BCUT2D eigenvalue weighted by Crippen LogP contribution is -2.31. The molecule has 1 aliphatic carbocycles. The van der Waals surface area contributed by atoms with Gasteiger partial charge in [0.2, 0.25) is 0 Å². The average Bonchev–Trinajstić information content (AvgIpc) is 2.53. The minimum absolute atomic E-state index is 0.426. The van der Waals surface area contributed by atoms with Crippen molar-refractivity contribution >= 4 is 5.69 Å². The van der Waals surface area contributed by atoms with Crippen molar-refractivity contribution in [3.8, 4) is 0 Å². The van der Waals surface area contributed by atoms with E-state index >= 15 is 0 Å². The Morgan fingerprint density at radius 3 is 2.76 bits per heavy atom. The van der Waals surface area contributed by atoms with Crippen molar-refractivity contribution < 1.29 is 4.74 Å². The summed E-state index contributed by atoms with van der Waals surface area (Å²) in [6, 6.07) is 9.42. The van der Waals surface area contributed by atoms with E-state index < -0.39 is 0 Å². The van der Waals surface area contributed by atoms with Crippen molar-refractivity contribution in [1.82, 2.24) is 4.90 Å². The van der Waals surface area contributed by atoms with Gasteiger partial charge in [-0.05, 0) is 56.5 Å². The highest BCUT2D eigenvalue weighted by molar-refractivity contribution is 5.46. The number of rotatable bonds is 7. The maximum absolute atomic E-state index is 5.52. The molecule has 2 atom stereocenters. The van der Waals surface area contributed by atoms with Crippen molar-refractivity contribution in [3.05, 3.63) is 29.8 Å². The van der Waals surface area contributed by atoms with Gasteiger partial charge in [0.05, 0.1) is 6.10 Å². The molecule has 1 aromatic rings. The monoisotopic (exact) mass is 290 g/mol. The van der Waals surface area contributed by atoms with Crippen molar-refractivity contribution in [2.24, 2.45) is 0 Å². The van der Waals surface area contributed by atoms with Crippen molar-refractivity contribution in [2.75, 3.05) is 25.5 Å². The molecule has 118 valence electrons. The van der Waals surface area contributed by atoms with Crippen LogP contribution in [0.3, 0.4) is 0 Å². The van der Waals surface area contributed by atoms with Crippen molar-refractivity contribution in [3.63, 3.8) is 0 Å². The zero-order chi connectivity index (χ0) is 15.1. The van der Waals surface area contributed by atoms with E-state index in [0.29, 0.717) is 12.1 Å². The molecule has 0 radical (unpaired) electrons. The van der Waals surface area contributed by atoms with Crippen LogP contribution in [0.1, 0.15) is 45.1 Å². The Bertz CT molecular complexity index is 417. The highest BCUT2D eigenvalue weighted by atomic mass is 16.5. The number of hydrogen-bond donors (Lipinski definition) is 1. The van der Waals surface area contributed by atoms with Gasteiger partial charge in [-0.25, -0.2) is 0 Å². The van der Waals surface area contributed by atoms with Gasteiger partial charge in [0.1, 0.15) is 0 Å². The van der Waals surface area contributed by atoms with Crippen LogP contribution in [-0.2, 0) is 11.3 Å². The van der Waals surface area contributed by atoms with Crippen LogP contribution < -0.4 is 5.32 Å². The van der Waals surface area contributed by atoms with Gasteiger partial charge in [-0.15, -0.1) is 0 Å². The first-order valence-electron chi connectivity index (χ1n) is 8.35. The molecule has 1 N–H and O–H groups in total. The van der Waals surface area contributed by atoms with Crippen LogP contribution in [0.25, 0.3) is 0 Å². The summed E-state index contributed by atoms with van der Waals surface area (Å²) in [4.78, 5) is 2.45. The van der Waals surface area contributed by atoms with Gasteiger partial charge in [-0.2, -0.15) is 0 Å². The Kier molecular flexibility index (Phi) is 6.52. The van der Waals surface area contributed by atoms with E-state index in [2.05, 4.69) is 48.3 Å². The fraction of sp³-hybridized carbons (Fsp3) is 0.667. The predicted molar refractivity (Wildman–Crippen MR) is 89.7 cm³/mol. The Hall–Kier alpha value is -1.06. The van der Waals surface area contributed by atoms with Gasteiger partial charge in [0, 0.05) is 25.4 Å². The average molecular weight is 290 g/mol. The molecule has 0 spiro atoms. The second-order valence-electron chi connectivity index (χ2n) is 6.03. The van der Waals surface area contributed by atoms with Gasteiger partial charge >= 0.3 is 0 Å². The third-order valence-electron chi connectivity index (χ3n) is 4.56. The molecule has 0 heterocycles. The van der Waals surface area contributed by atoms with E-state index in [9.17, 15) is 0 Å². The minimum Gasteiger partial charge on any atom is -0.382 e. The summed E-state index contributed by atoms with van der Waals surface area (Å²) < 4.78 is 5.52. The molecular weight excluding hydrogens is 260 g/mol. The van der Waals surface area contributed by atoms with Crippen LogP contribution in [-0.4, -0.2) is 37.2 Å². The van der Waals surface area contributed by atoms with Crippen molar-refractivity contribution in [1.29, 1.82) is 0 Å². The zero-order valence-electron chi connectivity index (χ0n) is 13.8. The lowest BCUT2D eigenvalue weighted by atomic mass is 9.92. The largest absolute Gasteiger partial charge is 0.382 e. The fourth-order valence-corrected chi connectivity index (χ4v) is 3.19. The van der Waals surface area contributed by atoms with E-state index in [1.807, 2.05) is 7.11 Å². The molecule has 1 aliphatic rings. The smallest absolute Gasteiger partial charge is 0.0590 e. The van der Waals surface area contributed by atoms with E-state index in [4.69, 9.17) is 4.74 Å². The highest BCUT2D eigenvalue weighted by Gasteiger charge is 2.21. The molecule has 0 aromatic heterocycles. The fourth-order valence-electron chi connectivity index (χ4n) is 3.19. The first kappa shape index (κ1) is 16.3. The predicted octanol–water partition coefficient (Wildman–Crippen LogP) is 3.90. The molecule has 1 fully saturated rings. The summed E-state index contributed by atoms with van der Waals surface area (Å²) in [5, 5.41) is 3.70. The summed E-state index contributed by atoms with van der Waals surface area (Å²) in [7, 11) is 1.83. The Balaban J connectivity index is 1.94. The number of methoxy groups -OCH3 is 1. The van der Waals surface area contributed by atoms with Gasteiger partial charge < -0.3 is 10.1 Å². The topological polar surface area (TPSA) is 24.5 Å². The second-order valence-corrected chi connectivity index (χ2v) is 6.03. The van der Waals surface area contributed by atoms with Gasteiger partial charge in [-0.3, -0.25) is 4.90 Å². The molecule has 1 saturated carbocycles. The molecule has 1 aromatic carbocycles. The number of hydrogen-bond acceptors (Lipinski definition) is 3. The SMILES string of the molecule is CCN(CC)Cc1cccc(NC2CCCC(OC)C2)c1. The maximum Gasteiger partial charge on any atom is 0.0590 e. The molecule has 0 saturated heterocycles. The van der Waals surface area contributed by atoms with E-state index in [0.717, 1.165) is 26.1 Å². The molecule has 0 bridgehead atoms. The first-order chi connectivity index (χ1) is 10.2. The van der Waals surface area contributed by atoms with Crippen LogP contribution in [0.2, 0.25) is 0 Å². The quantitative estimate of drug-likeness (QED) is 0.824. The van der Waals surface area contributed by atoms with E-state index in [1.165, 1.54) is 30.5 Å². The molecule has 21 heavy (non-hydrogen) atoms. The zero-order valence-corrected chi connectivity index (χ0v) is 13.8. The van der Waals surface area contributed by atoms with Crippen molar-refractivity contribution in [2.45, 2.75) is 58.2 Å².